The molecule has 0 fully saturated rings. The highest BCUT2D eigenvalue weighted by Crippen LogP contribution is 2.25. The van der Waals surface area contributed by atoms with Crippen molar-refractivity contribution in [2.75, 3.05) is 13.0 Å². The number of rotatable bonds is 4. The maximum Gasteiger partial charge on any atom is 0.245 e. The molecule has 108 valence electrons. The van der Waals surface area contributed by atoms with Crippen LogP contribution in [0.5, 0.6) is 5.88 Å². The van der Waals surface area contributed by atoms with Gasteiger partial charge in [0.05, 0.1) is 12.8 Å². The fraction of sp³-hybridized carbons (Fsp3) is 0.214. The number of halogens is 2. The first kappa shape index (κ1) is 13.8. The Morgan fingerprint density at radius 3 is 2.90 bits per heavy atom. The Morgan fingerprint density at radius 1 is 1.33 bits per heavy atom. The Kier molecular flexibility index (Phi) is 3.70. The number of ether oxygens (including phenoxy) is 1. The number of benzene rings is 1. The van der Waals surface area contributed by atoms with Crippen molar-refractivity contribution in [3.8, 4) is 11.6 Å². The van der Waals surface area contributed by atoms with E-state index in [4.69, 9.17) is 16.3 Å². The highest BCUT2D eigenvalue weighted by molar-refractivity contribution is 6.17. The number of fused-ring (bicyclic) bond motifs is 1. The maximum atomic E-state index is 13.5. The minimum atomic E-state index is -0.327. The molecule has 7 heteroatoms. The monoisotopic (exact) mass is 306 g/mol. The molecule has 0 aliphatic rings. The third-order valence-electron chi connectivity index (χ3n) is 3.06. The predicted molar refractivity (Wildman–Crippen MR) is 77.6 cm³/mol. The number of hydrogen-bond donors (Lipinski definition) is 0. The van der Waals surface area contributed by atoms with E-state index in [2.05, 4.69) is 15.0 Å². The zero-order valence-electron chi connectivity index (χ0n) is 11.3. The SMILES string of the molecule is COc1ncnc2c1nc(CCCl)n2-c1cccc(F)c1. The van der Waals surface area contributed by atoms with Gasteiger partial charge in [0, 0.05) is 12.3 Å². The van der Waals surface area contributed by atoms with Crippen molar-refractivity contribution in [1.82, 2.24) is 19.5 Å². The molecule has 1 aromatic carbocycles. The van der Waals surface area contributed by atoms with E-state index < -0.39 is 0 Å². The summed E-state index contributed by atoms with van der Waals surface area (Å²) >= 11 is 5.83. The summed E-state index contributed by atoms with van der Waals surface area (Å²) in [6, 6.07) is 6.24. The molecule has 0 radical (unpaired) electrons. The molecule has 0 saturated carbocycles. The van der Waals surface area contributed by atoms with Gasteiger partial charge in [-0.1, -0.05) is 6.07 Å². The molecule has 0 unspecified atom stereocenters. The van der Waals surface area contributed by atoms with Gasteiger partial charge in [0.1, 0.15) is 18.0 Å². The smallest absolute Gasteiger partial charge is 0.245 e. The molecule has 0 spiro atoms. The molecule has 21 heavy (non-hydrogen) atoms. The molecular weight excluding hydrogens is 295 g/mol. The average molecular weight is 307 g/mol. The lowest BCUT2D eigenvalue weighted by atomic mass is 10.3. The Labute approximate surface area is 125 Å². The highest BCUT2D eigenvalue weighted by atomic mass is 35.5. The van der Waals surface area contributed by atoms with Gasteiger partial charge >= 0.3 is 0 Å². The topological polar surface area (TPSA) is 52.8 Å². The molecule has 0 aliphatic heterocycles. The van der Waals surface area contributed by atoms with E-state index in [1.54, 1.807) is 16.7 Å². The van der Waals surface area contributed by atoms with Crippen LogP contribution in [0.15, 0.2) is 30.6 Å². The van der Waals surface area contributed by atoms with Crippen LogP contribution in [0.4, 0.5) is 4.39 Å². The lowest BCUT2D eigenvalue weighted by Gasteiger charge is -2.07. The summed E-state index contributed by atoms with van der Waals surface area (Å²) in [6.45, 7) is 0. The normalized spacial score (nSPS) is 11.0. The zero-order chi connectivity index (χ0) is 14.8. The first-order chi connectivity index (χ1) is 10.2. The summed E-state index contributed by atoms with van der Waals surface area (Å²) < 4.78 is 20.5. The average Bonchev–Trinajstić information content (AvgIpc) is 2.85. The summed E-state index contributed by atoms with van der Waals surface area (Å²) in [7, 11) is 1.52. The molecular formula is C14H12ClFN4O. The van der Waals surface area contributed by atoms with Gasteiger partial charge < -0.3 is 4.74 Å². The molecule has 0 amide bonds. The van der Waals surface area contributed by atoms with Gasteiger partial charge in [-0.2, -0.15) is 4.98 Å². The van der Waals surface area contributed by atoms with Crippen LogP contribution >= 0.6 is 11.6 Å². The van der Waals surface area contributed by atoms with Crippen molar-refractivity contribution in [2.24, 2.45) is 0 Å². The van der Waals surface area contributed by atoms with Gasteiger partial charge in [0.2, 0.25) is 5.88 Å². The lowest BCUT2D eigenvalue weighted by Crippen LogP contribution is -2.03. The number of aryl methyl sites for hydroxylation is 1. The summed E-state index contributed by atoms with van der Waals surface area (Å²) in [5, 5.41) is 0. The molecule has 2 aromatic heterocycles. The third kappa shape index (κ3) is 2.42. The van der Waals surface area contributed by atoms with E-state index in [0.29, 0.717) is 40.9 Å². The molecule has 0 saturated heterocycles. The highest BCUT2D eigenvalue weighted by Gasteiger charge is 2.17. The molecule has 3 rings (SSSR count). The zero-order valence-corrected chi connectivity index (χ0v) is 12.0. The molecule has 5 nitrogen and oxygen atoms in total. The van der Waals surface area contributed by atoms with Crippen molar-refractivity contribution in [3.63, 3.8) is 0 Å². The standard InChI is InChI=1S/C14H12ClFN4O/c1-21-14-12-13(17-8-18-14)20(11(19-12)5-6-15)10-4-2-3-9(16)7-10/h2-4,7-8H,5-6H2,1H3. The summed E-state index contributed by atoms with van der Waals surface area (Å²) in [5.41, 5.74) is 1.73. The second-order valence-electron chi connectivity index (χ2n) is 4.34. The van der Waals surface area contributed by atoms with Crippen molar-refractivity contribution in [3.05, 3.63) is 42.2 Å². The number of nitrogens with zero attached hydrogens (tertiary/aromatic N) is 4. The van der Waals surface area contributed by atoms with Gasteiger partial charge in [-0.25, -0.2) is 14.4 Å². The maximum absolute atomic E-state index is 13.5. The molecule has 0 aliphatic carbocycles. The van der Waals surface area contributed by atoms with Crippen LogP contribution in [0.3, 0.4) is 0 Å². The second-order valence-corrected chi connectivity index (χ2v) is 4.72. The van der Waals surface area contributed by atoms with Gasteiger partial charge in [0.15, 0.2) is 11.2 Å². The van der Waals surface area contributed by atoms with E-state index in [9.17, 15) is 4.39 Å². The quantitative estimate of drug-likeness (QED) is 0.696. The van der Waals surface area contributed by atoms with E-state index in [-0.39, 0.29) is 5.82 Å². The first-order valence-electron chi connectivity index (χ1n) is 6.33. The van der Waals surface area contributed by atoms with Crippen molar-refractivity contribution >= 4 is 22.8 Å². The van der Waals surface area contributed by atoms with Gasteiger partial charge in [-0.15, -0.1) is 11.6 Å². The summed E-state index contributed by atoms with van der Waals surface area (Å²) in [6.07, 6.45) is 1.92. The van der Waals surface area contributed by atoms with Crippen LogP contribution in [-0.2, 0) is 6.42 Å². The lowest BCUT2D eigenvalue weighted by molar-refractivity contribution is 0.401. The second kappa shape index (κ2) is 5.65. The summed E-state index contributed by atoms with van der Waals surface area (Å²) in [4.78, 5) is 12.8. The Hall–Kier alpha value is -2.21. The van der Waals surface area contributed by atoms with Crippen LogP contribution < -0.4 is 4.74 Å². The largest absolute Gasteiger partial charge is 0.479 e. The van der Waals surface area contributed by atoms with Crippen molar-refractivity contribution in [1.29, 1.82) is 0 Å². The van der Waals surface area contributed by atoms with Crippen molar-refractivity contribution < 1.29 is 9.13 Å². The first-order valence-corrected chi connectivity index (χ1v) is 6.86. The van der Waals surface area contributed by atoms with Gasteiger partial charge in [-0.05, 0) is 18.2 Å². The van der Waals surface area contributed by atoms with Gasteiger partial charge in [-0.3, -0.25) is 4.57 Å². The molecule has 0 bridgehead atoms. The number of aromatic nitrogens is 4. The number of hydrogen-bond acceptors (Lipinski definition) is 4. The van der Waals surface area contributed by atoms with Crippen LogP contribution in [0.2, 0.25) is 0 Å². The minimum absolute atomic E-state index is 0.327. The van der Waals surface area contributed by atoms with Crippen LogP contribution in [0.25, 0.3) is 16.9 Å². The Balaban J connectivity index is 2.31. The fourth-order valence-corrected chi connectivity index (χ4v) is 2.37. The van der Waals surface area contributed by atoms with Crippen LogP contribution in [0.1, 0.15) is 5.82 Å². The Bertz CT molecular complexity index is 790. The summed E-state index contributed by atoms with van der Waals surface area (Å²) in [5.74, 6) is 1.14. The van der Waals surface area contributed by atoms with E-state index >= 15 is 0 Å². The fourth-order valence-electron chi connectivity index (χ4n) is 2.20. The predicted octanol–water partition coefficient (Wildman–Crippen LogP) is 2.74. The number of methoxy groups -OCH3 is 1. The molecule has 2 heterocycles. The van der Waals surface area contributed by atoms with Crippen molar-refractivity contribution in [2.45, 2.75) is 6.42 Å². The van der Waals surface area contributed by atoms with E-state index in [1.165, 1.54) is 25.6 Å². The Morgan fingerprint density at radius 2 is 2.19 bits per heavy atom. The molecule has 0 N–H and O–H groups in total. The van der Waals surface area contributed by atoms with Crippen LogP contribution in [0, 0.1) is 5.82 Å². The number of imidazole rings is 1. The van der Waals surface area contributed by atoms with Crippen LogP contribution in [-0.4, -0.2) is 32.5 Å². The third-order valence-corrected chi connectivity index (χ3v) is 3.25. The van der Waals surface area contributed by atoms with Gasteiger partial charge in [0.25, 0.3) is 0 Å². The van der Waals surface area contributed by atoms with E-state index in [1.807, 2.05) is 0 Å². The minimum Gasteiger partial charge on any atom is -0.479 e. The molecule has 0 atom stereocenters. The molecule has 3 aromatic rings. The number of alkyl halides is 1. The van der Waals surface area contributed by atoms with E-state index in [0.717, 1.165) is 0 Å².